The molecule has 3 heteroatoms. The molecule has 0 bridgehead atoms. The predicted molar refractivity (Wildman–Crippen MR) is 114 cm³/mol. The Morgan fingerprint density at radius 2 is 1.59 bits per heavy atom. The van der Waals surface area contributed by atoms with Crippen molar-refractivity contribution in [2.75, 3.05) is 4.90 Å². The minimum Gasteiger partial charge on any atom is -0.288 e. The number of para-hydroxylation sites is 1. The number of nitrogens with zero attached hydrogens (tertiary/aromatic N) is 1. The van der Waals surface area contributed by atoms with E-state index in [2.05, 4.69) is 61.5 Å². The van der Waals surface area contributed by atoms with Gasteiger partial charge in [0.05, 0.1) is 5.69 Å². The second-order valence-corrected chi connectivity index (χ2v) is 8.00. The molecule has 0 saturated heterocycles. The number of thioether (sulfide) groups is 1. The van der Waals surface area contributed by atoms with Crippen molar-refractivity contribution < 1.29 is 4.79 Å². The molecule has 1 amide bonds. The molecule has 1 aliphatic heterocycles. The molecule has 1 aliphatic rings. The third-order valence-electron chi connectivity index (χ3n) is 4.79. The van der Waals surface area contributed by atoms with Crippen LogP contribution in [0.2, 0.25) is 0 Å². The van der Waals surface area contributed by atoms with Gasteiger partial charge in [0, 0.05) is 11.8 Å². The summed E-state index contributed by atoms with van der Waals surface area (Å²) < 4.78 is 0. The SMILES string of the molecule is CC(=O)N1c2ccccc2SC1(/C=C/c1ccccc1)c1ccc(C)cc1. The number of hydrogen-bond donors (Lipinski definition) is 0. The minimum absolute atomic E-state index is 0.0331. The summed E-state index contributed by atoms with van der Waals surface area (Å²) in [5, 5.41) is 0. The molecule has 1 unspecified atom stereocenters. The second kappa shape index (κ2) is 7.09. The molecule has 2 nitrogen and oxygen atoms in total. The van der Waals surface area contributed by atoms with E-state index < -0.39 is 4.87 Å². The number of rotatable bonds is 3. The topological polar surface area (TPSA) is 20.3 Å². The van der Waals surface area contributed by atoms with E-state index in [1.807, 2.05) is 41.3 Å². The van der Waals surface area contributed by atoms with Crippen LogP contribution in [0.1, 0.15) is 23.6 Å². The fourth-order valence-electron chi connectivity index (χ4n) is 3.48. The van der Waals surface area contributed by atoms with Crippen LogP contribution < -0.4 is 4.90 Å². The largest absolute Gasteiger partial charge is 0.288 e. The van der Waals surface area contributed by atoms with Crippen molar-refractivity contribution in [3.8, 4) is 0 Å². The lowest BCUT2D eigenvalue weighted by molar-refractivity contribution is -0.117. The lowest BCUT2D eigenvalue weighted by Crippen LogP contribution is -2.42. The predicted octanol–water partition coefficient (Wildman–Crippen LogP) is 6.02. The van der Waals surface area contributed by atoms with Gasteiger partial charge in [0.25, 0.3) is 0 Å². The van der Waals surface area contributed by atoms with Gasteiger partial charge < -0.3 is 0 Å². The average molecular weight is 372 g/mol. The highest BCUT2D eigenvalue weighted by Gasteiger charge is 2.46. The molecule has 0 aliphatic carbocycles. The number of carbonyl (C=O) groups excluding carboxylic acids is 1. The van der Waals surface area contributed by atoms with Gasteiger partial charge in [-0.15, -0.1) is 0 Å². The molecule has 1 atom stereocenters. The molecule has 0 radical (unpaired) electrons. The zero-order valence-electron chi connectivity index (χ0n) is 15.4. The van der Waals surface area contributed by atoms with E-state index in [4.69, 9.17) is 0 Å². The van der Waals surface area contributed by atoms with Crippen molar-refractivity contribution >= 4 is 29.4 Å². The van der Waals surface area contributed by atoms with E-state index >= 15 is 0 Å². The quantitative estimate of drug-likeness (QED) is 0.561. The van der Waals surface area contributed by atoms with Gasteiger partial charge in [0.1, 0.15) is 4.87 Å². The Morgan fingerprint density at radius 3 is 2.30 bits per heavy atom. The summed E-state index contributed by atoms with van der Waals surface area (Å²) in [6.45, 7) is 3.72. The van der Waals surface area contributed by atoms with Crippen molar-refractivity contribution in [1.82, 2.24) is 0 Å². The summed E-state index contributed by atoms with van der Waals surface area (Å²) in [5.41, 5.74) is 4.38. The molecular formula is C24H21NOS. The van der Waals surface area contributed by atoms with Crippen molar-refractivity contribution in [2.45, 2.75) is 23.6 Å². The van der Waals surface area contributed by atoms with Gasteiger partial charge in [-0.1, -0.05) is 90.1 Å². The van der Waals surface area contributed by atoms with Crippen LogP contribution in [0.15, 0.2) is 89.8 Å². The third kappa shape index (κ3) is 3.19. The van der Waals surface area contributed by atoms with Crippen LogP contribution in [0.25, 0.3) is 6.08 Å². The van der Waals surface area contributed by atoms with E-state index in [0.717, 1.165) is 21.7 Å². The number of anilines is 1. The van der Waals surface area contributed by atoms with Gasteiger partial charge in [-0.05, 0) is 36.3 Å². The van der Waals surface area contributed by atoms with Crippen LogP contribution in [0.3, 0.4) is 0 Å². The number of hydrogen-bond acceptors (Lipinski definition) is 2. The first-order chi connectivity index (χ1) is 13.1. The fraction of sp³-hybridized carbons (Fsp3) is 0.125. The maximum Gasteiger partial charge on any atom is 0.225 e. The molecule has 134 valence electrons. The molecule has 0 N–H and O–H groups in total. The van der Waals surface area contributed by atoms with Crippen LogP contribution in [0, 0.1) is 6.92 Å². The first-order valence-corrected chi connectivity index (χ1v) is 9.82. The van der Waals surface area contributed by atoms with Gasteiger partial charge in [0.2, 0.25) is 5.91 Å². The molecule has 3 aromatic carbocycles. The molecule has 0 aromatic heterocycles. The highest BCUT2D eigenvalue weighted by molar-refractivity contribution is 8.01. The molecule has 0 saturated carbocycles. The first-order valence-electron chi connectivity index (χ1n) is 9.00. The summed E-state index contributed by atoms with van der Waals surface area (Å²) in [6, 6.07) is 26.8. The van der Waals surface area contributed by atoms with Crippen molar-refractivity contribution in [3.63, 3.8) is 0 Å². The minimum atomic E-state index is -0.598. The molecule has 0 spiro atoms. The number of amides is 1. The van der Waals surface area contributed by atoms with E-state index in [1.54, 1.807) is 18.7 Å². The summed E-state index contributed by atoms with van der Waals surface area (Å²) in [4.78, 5) is 15.2. The Balaban J connectivity index is 1.90. The van der Waals surface area contributed by atoms with Gasteiger partial charge in [-0.3, -0.25) is 9.69 Å². The van der Waals surface area contributed by atoms with Crippen LogP contribution in [0.5, 0.6) is 0 Å². The van der Waals surface area contributed by atoms with E-state index in [-0.39, 0.29) is 5.91 Å². The van der Waals surface area contributed by atoms with Gasteiger partial charge in [-0.25, -0.2) is 0 Å². The van der Waals surface area contributed by atoms with E-state index in [9.17, 15) is 4.79 Å². The summed E-state index contributed by atoms with van der Waals surface area (Å²) >= 11 is 1.72. The maximum atomic E-state index is 12.8. The van der Waals surface area contributed by atoms with Gasteiger partial charge >= 0.3 is 0 Å². The molecular weight excluding hydrogens is 350 g/mol. The summed E-state index contributed by atoms with van der Waals surface area (Å²) in [7, 11) is 0. The Kier molecular flexibility index (Phi) is 4.63. The summed E-state index contributed by atoms with van der Waals surface area (Å²) in [5.74, 6) is 0.0331. The molecule has 0 fully saturated rings. The van der Waals surface area contributed by atoms with Crippen LogP contribution in [-0.2, 0) is 9.67 Å². The number of aryl methyl sites for hydroxylation is 1. The zero-order valence-corrected chi connectivity index (χ0v) is 16.2. The highest BCUT2D eigenvalue weighted by Crippen LogP contribution is 2.56. The normalized spacial score (nSPS) is 18.7. The number of benzene rings is 3. The third-order valence-corrected chi connectivity index (χ3v) is 6.22. The number of fused-ring (bicyclic) bond motifs is 1. The highest BCUT2D eigenvalue weighted by atomic mass is 32.2. The van der Waals surface area contributed by atoms with Crippen LogP contribution in [0.4, 0.5) is 5.69 Å². The smallest absolute Gasteiger partial charge is 0.225 e. The molecule has 1 heterocycles. The molecule has 27 heavy (non-hydrogen) atoms. The van der Waals surface area contributed by atoms with Crippen molar-refractivity contribution in [2.24, 2.45) is 0 Å². The van der Waals surface area contributed by atoms with Gasteiger partial charge in [0.15, 0.2) is 0 Å². The first kappa shape index (κ1) is 17.6. The Labute approximate surface area is 164 Å². The Hall–Kier alpha value is -2.78. The standard InChI is InChI=1S/C24H21NOS/c1-18-12-14-21(15-13-18)24(17-16-20-8-4-3-5-9-20)25(19(2)26)22-10-6-7-11-23(22)27-24/h3-17H,1-2H3/b17-16+. The average Bonchev–Trinajstić information content (AvgIpc) is 3.03. The Morgan fingerprint density at radius 1 is 0.926 bits per heavy atom. The Bertz CT molecular complexity index is 994. The van der Waals surface area contributed by atoms with E-state index in [1.165, 1.54) is 5.56 Å². The fourth-order valence-corrected chi connectivity index (χ4v) is 4.94. The van der Waals surface area contributed by atoms with Crippen LogP contribution in [-0.4, -0.2) is 5.91 Å². The summed E-state index contributed by atoms with van der Waals surface area (Å²) in [6.07, 6.45) is 4.26. The zero-order chi connectivity index (χ0) is 18.9. The van der Waals surface area contributed by atoms with E-state index in [0.29, 0.717) is 0 Å². The number of carbonyl (C=O) groups is 1. The van der Waals surface area contributed by atoms with Crippen LogP contribution >= 0.6 is 11.8 Å². The molecule has 4 rings (SSSR count). The second-order valence-electron chi connectivity index (χ2n) is 6.73. The lowest BCUT2D eigenvalue weighted by Gasteiger charge is -2.35. The van der Waals surface area contributed by atoms with Crippen molar-refractivity contribution in [3.05, 3.63) is 102 Å². The maximum absolute atomic E-state index is 12.8. The van der Waals surface area contributed by atoms with Crippen molar-refractivity contribution in [1.29, 1.82) is 0 Å². The monoisotopic (exact) mass is 371 g/mol. The lowest BCUT2D eigenvalue weighted by atomic mass is 10.0. The van der Waals surface area contributed by atoms with Gasteiger partial charge in [-0.2, -0.15) is 0 Å². The molecule has 3 aromatic rings.